The molecule has 31 heavy (non-hydrogen) atoms. The molecule has 3 aromatic carbocycles. The molecule has 0 aromatic heterocycles. The van der Waals surface area contributed by atoms with Crippen LogP contribution in [0.4, 0.5) is 0 Å². The van der Waals surface area contributed by atoms with E-state index in [0.717, 1.165) is 6.42 Å². The van der Waals surface area contributed by atoms with Gasteiger partial charge in [0.05, 0.1) is 0 Å². The van der Waals surface area contributed by atoms with Gasteiger partial charge < -0.3 is 14.4 Å². The van der Waals surface area contributed by atoms with Crippen molar-refractivity contribution >= 4 is 8.53 Å². The van der Waals surface area contributed by atoms with E-state index >= 15 is 0 Å². The molecule has 1 unspecified atom stereocenters. The standard InChI is InChI=1S/C25H30NO4P/c1-28-25(29-2,30-31(26)27)20-12-19-24(21-13-6-3-7-14-21,22-15-8-4-9-16-22)23-17-10-5-11-18-23/h3-11,13-18,27H,12,19-20,26H2,1-2H3. The van der Waals surface area contributed by atoms with E-state index in [1.807, 2.05) is 18.2 Å². The number of hydrogen-bond acceptors (Lipinski definition) is 5. The van der Waals surface area contributed by atoms with Gasteiger partial charge in [-0.25, -0.2) is 0 Å². The number of ether oxygens (including phenoxy) is 2. The molecule has 0 aliphatic rings. The van der Waals surface area contributed by atoms with Crippen molar-refractivity contribution in [1.82, 2.24) is 0 Å². The van der Waals surface area contributed by atoms with Crippen LogP contribution >= 0.6 is 8.53 Å². The van der Waals surface area contributed by atoms with Gasteiger partial charge in [-0.1, -0.05) is 91.0 Å². The van der Waals surface area contributed by atoms with Crippen molar-refractivity contribution in [2.24, 2.45) is 5.50 Å². The van der Waals surface area contributed by atoms with Crippen LogP contribution in [0.3, 0.4) is 0 Å². The van der Waals surface area contributed by atoms with Crippen molar-refractivity contribution in [2.75, 3.05) is 14.2 Å². The summed E-state index contributed by atoms with van der Waals surface area (Å²) >= 11 is 0. The van der Waals surface area contributed by atoms with Crippen LogP contribution in [-0.2, 0) is 19.4 Å². The number of nitrogens with two attached hydrogens (primary N) is 1. The summed E-state index contributed by atoms with van der Waals surface area (Å²) in [7, 11) is 0.848. The molecular weight excluding hydrogens is 409 g/mol. The molecule has 0 spiro atoms. The Morgan fingerprint density at radius 2 is 1.10 bits per heavy atom. The van der Waals surface area contributed by atoms with Crippen LogP contribution in [0.1, 0.15) is 36.0 Å². The highest BCUT2D eigenvalue weighted by atomic mass is 31.2. The highest BCUT2D eigenvalue weighted by Crippen LogP contribution is 2.44. The maximum Gasteiger partial charge on any atom is 0.288 e. The van der Waals surface area contributed by atoms with Gasteiger partial charge in [-0.15, -0.1) is 0 Å². The normalized spacial score (nSPS) is 13.2. The van der Waals surface area contributed by atoms with Gasteiger partial charge in [0.25, 0.3) is 14.5 Å². The summed E-state index contributed by atoms with van der Waals surface area (Å²) in [5.41, 5.74) is 8.74. The van der Waals surface area contributed by atoms with Gasteiger partial charge in [0.15, 0.2) is 0 Å². The van der Waals surface area contributed by atoms with E-state index in [4.69, 9.17) is 19.5 Å². The Morgan fingerprint density at radius 1 is 0.710 bits per heavy atom. The van der Waals surface area contributed by atoms with Gasteiger partial charge >= 0.3 is 0 Å². The molecule has 3 rings (SSSR count). The number of benzene rings is 3. The van der Waals surface area contributed by atoms with E-state index in [2.05, 4.69) is 72.8 Å². The van der Waals surface area contributed by atoms with Gasteiger partial charge in [-0.2, -0.15) is 0 Å². The average Bonchev–Trinajstić information content (AvgIpc) is 2.82. The molecule has 0 fully saturated rings. The molecule has 164 valence electrons. The molecule has 1 atom stereocenters. The molecule has 3 aromatic rings. The first-order chi connectivity index (χ1) is 15.1. The largest absolute Gasteiger partial charge is 0.338 e. The minimum absolute atomic E-state index is 0.371. The molecule has 0 aliphatic carbocycles. The van der Waals surface area contributed by atoms with Crippen molar-refractivity contribution in [3.05, 3.63) is 108 Å². The quantitative estimate of drug-likeness (QED) is 0.240. The first kappa shape index (κ1) is 23.6. The van der Waals surface area contributed by atoms with Crippen molar-refractivity contribution < 1.29 is 18.9 Å². The molecule has 0 aliphatic heterocycles. The summed E-state index contributed by atoms with van der Waals surface area (Å²) in [5, 5.41) is 0. The molecule has 5 nitrogen and oxygen atoms in total. The van der Waals surface area contributed by atoms with Crippen molar-refractivity contribution in [3.63, 3.8) is 0 Å². The lowest BCUT2D eigenvalue weighted by atomic mass is 9.66. The molecule has 0 radical (unpaired) electrons. The fourth-order valence-electron chi connectivity index (χ4n) is 4.22. The third-order valence-electron chi connectivity index (χ3n) is 5.69. The summed E-state index contributed by atoms with van der Waals surface area (Å²) in [6.07, 6.45) is 1.88. The summed E-state index contributed by atoms with van der Waals surface area (Å²) in [6, 6.07) is 31.5. The molecule has 0 saturated heterocycles. The maximum absolute atomic E-state index is 9.60. The highest BCUT2D eigenvalue weighted by molar-refractivity contribution is 7.43. The van der Waals surface area contributed by atoms with E-state index in [-0.39, 0.29) is 5.41 Å². The second kappa shape index (κ2) is 11.0. The van der Waals surface area contributed by atoms with E-state index in [1.165, 1.54) is 30.9 Å². The van der Waals surface area contributed by atoms with Crippen LogP contribution in [0.2, 0.25) is 0 Å². The average molecular weight is 439 g/mol. The molecule has 6 heteroatoms. The lowest BCUT2D eigenvalue weighted by Crippen LogP contribution is -2.37. The van der Waals surface area contributed by atoms with Gasteiger partial charge in [0, 0.05) is 26.1 Å². The van der Waals surface area contributed by atoms with E-state index in [0.29, 0.717) is 12.8 Å². The Labute approximate surface area is 185 Å². The number of rotatable bonds is 11. The minimum atomic E-state index is -2.13. The zero-order valence-corrected chi connectivity index (χ0v) is 18.9. The lowest BCUT2D eigenvalue weighted by molar-refractivity contribution is -0.325. The van der Waals surface area contributed by atoms with Gasteiger partial charge in [-0.3, -0.25) is 10.0 Å². The van der Waals surface area contributed by atoms with Crippen LogP contribution in [0.5, 0.6) is 0 Å². The molecular formula is C25H30NO4P. The fourth-order valence-corrected chi connectivity index (χ4v) is 4.75. The Balaban J connectivity index is 2.04. The second-order valence-electron chi connectivity index (χ2n) is 7.34. The minimum Gasteiger partial charge on any atom is -0.338 e. The van der Waals surface area contributed by atoms with Crippen LogP contribution < -0.4 is 5.50 Å². The molecule has 0 heterocycles. The lowest BCUT2D eigenvalue weighted by Gasteiger charge is -2.37. The van der Waals surface area contributed by atoms with Crippen molar-refractivity contribution in [2.45, 2.75) is 30.7 Å². The second-order valence-corrected chi connectivity index (χ2v) is 8.13. The third-order valence-corrected chi connectivity index (χ3v) is 6.15. The van der Waals surface area contributed by atoms with E-state index in [9.17, 15) is 4.89 Å². The van der Waals surface area contributed by atoms with Crippen LogP contribution in [0, 0.1) is 0 Å². The van der Waals surface area contributed by atoms with Crippen LogP contribution in [0.15, 0.2) is 91.0 Å². The Hall–Kier alpha value is -2.11. The monoisotopic (exact) mass is 439 g/mol. The first-order valence-corrected chi connectivity index (χ1v) is 11.5. The molecule has 0 bridgehead atoms. The zero-order chi connectivity index (χ0) is 22.2. The van der Waals surface area contributed by atoms with Crippen LogP contribution in [0.25, 0.3) is 0 Å². The van der Waals surface area contributed by atoms with Gasteiger partial charge in [0.1, 0.15) is 0 Å². The topological polar surface area (TPSA) is 73.9 Å². The maximum atomic E-state index is 9.60. The van der Waals surface area contributed by atoms with Crippen molar-refractivity contribution in [3.8, 4) is 0 Å². The Morgan fingerprint density at radius 3 is 1.42 bits per heavy atom. The van der Waals surface area contributed by atoms with Gasteiger partial charge in [0.2, 0.25) is 0 Å². The smallest absolute Gasteiger partial charge is 0.288 e. The fraction of sp³-hybridized carbons (Fsp3) is 0.280. The highest BCUT2D eigenvalue weighted by Gasteiger charge is 2.39. The summed E-state index contributed by atoms with van der Waals surface area (Å²) in [5.74, 6) is -1.38. The SMILES string of the molecule is COC(CCCC(c1ccccc1)(c1ccccc1)c1ccccc1)(OC)OP(N)O. The van der Waals surface area contributed by atoms with Crippen LogP contribution in [-0.4, -0.2) is 25.1 Å². The molecule has 0 amide bonds. The first-order valence-electron chi connectivity index (χ1n) is 10.3. The predicted molar refractivity (Wildman–Crippen MR) is 124 cm³/mol. The predicted octanol–water partition coefficient (Wildman–Crippen LogP) is 5.33. The Kier molecular flexibility index (Phi) is 8.33. The third kappa shape index (κ3) is 5.39. The van der Waals surface area contributed by atoms with E-state index < -0.39 is 14.5 Å². The van der Waals surface area contributed by atoms with Gasteiger partial charge in [-0.05, 0) is 29.5 Å². The Bertz CT molecular complexity index is 806. The number of methoxy groups -OCH3 is 2. The summed E-state index contributed by atoms with van der Waals surface area (Å²) in [4.78, 5) is 9.60. The zero-order valence-electron chi connectivity index (χ0n) is 18.0. The molecule has 3 N–H and O–H groups in total. The summed E-state index contributed by atoms with van der Waals surface area (Å²) in [6.45, 7) is 0. The molecule has 0 saturated carbocycles. The number of hydrogen-bond donors (Lipinski definition) is 2. The van der Waals surface area contributed by atoms with E-state index in [1.54, 1.807) is 0 Å². The summed E-state index contributed by atoms with van der Waals surface area (Å²) < 4.78 is 16.3. The van der Waals surface area contributed by atoms with Crippen molar-refractivity contribution in [1.29, 1.82) is 0 Å².